The van der Waals surface area contributed by atoms with Crippen molar-refractivity contribution in [2.75, 3.05) is 12.4 Å². The Hall–Kier alpha value is -2.56. The molecule has 1 heterocycles. The highest BCUT2D eigenvalue weighted by atomic mass is 16.5. The molecule has 5 heteroatoms. The molecule has 1 fully saturated rings. The second kappa shape index (κ2) is 6.47. The molecule has 0 bridgehead atoms. The molecule has 22 heavy (non-hydrogen) atoms. The summed E-state index contributed by atoms with van der Waals surface area (Å²) in [6.07, 6.45) is 4.13. The SMILES string of the molecule is COc1ccc(CNC(=O)c2ccc(NC3CC3)cn2)cc1. The van der Waals surface area contributed by atoms with E-state index in [1.54, 1.807) is 19.4 Å². The number of anilines is 1. The van der Waals surface area contributed by atoms with E-state index in [0.29, 0.717) is 18.3 Å². The number of ether oxygens (including phenoxy) is 1. The summed E-state index contributed by atoms with van der Waals surface area (Å²) in [6.45, 7) is 0.465. The maximum absolute atomic E-state index is 12.1. The molecular weight excluding hydrogens is 278 g/mol. The number of nitrogens with zero attached hydrogens (tertiary/aromatic N) is 1. The van der Waals surface area contributed by atoms with Gasteiger partial charge in [-0.05, 0) is 42.7 Å². The Labute approximate surface area is 129 Å². The predicted molar refractivity (Wildman–Crippen MR) is 85.0 cm³/mol. The van der Waals surface area contributed by atoms with Crippen molar-refractivity contribution in [1.82, 2.24) is 10.3 Å². The van der Waals surface area contributed by atoms with Gasteiger partial charge in [0.1, 0.15) is 11.4 Å². The van der Waals surface area contributed by atoms with E-state index in [2.05, 4.69) is 15.6 Å². The minimum absolute atomic E-state index is 0.172. The van der Waals surface area contributed by atoms with Crippen molar-refractivity contribution in [3.8, 4) is 5.75 Å². The number of carbonyl (C=O) groups is 1. The molecule has 1 aromatic heterocycles. The smallest absolute Gasteiger partial charge is 0.270 e. The van der Waals surface area contributed by atoms with E-state index in [4.69, 9.17) is 4.74 Å². The number of carbonyl (C=O) groups excluding carboxylic acids is 1. The van der Waals surface area contributed by atoms with Crippen LogP contribution in [0, 0.1) is 0 Å². The second-order valence-electron chi connectivity index (χ2n) is 5.38. The lowest BCUT2D eigenvalue weighted by molar-refractivity contribution is 0.0946. The van der Waals surface area contributed by atoms with Gasteiger partial charge in [0.05, 0.1) is 19.0 Å². The molecule has 0 atom stereocenters. The van der Waals surface area contributed by atoms with Crippen molar-refractivity contribution in [2.45, 2.75) is 25.4 Å². The summed E-state index contributed by atoms with van der Waals surface area (Å²) in [5.74, 6) is 0.629. The van der Waals surface area contributed by atoms with Crippen LogP contribution in [0.3, 0.4) is 0 Å². The average molecular weight is 297 g/mol. The molecule has 0 spiro atoms. The third-order valence-corrected chi connectivity index (χ3v) is 3.56. The van der Waals surface area contributed by atoms with Crippen molar-refractivity contribution in [3.63, 3.8) is 0 Å². The van der Waals surface area contributed by atoms with Gasteiger partial charge in [0.25, 0.3) is 5.91 Å². The van der Waals surface area contributed by atoms with Crippen LogP contribution in [0.1, 0.15) is 28.9 Å². The Balaban J connectivity index is 1.53. The minimum Gasteiger partial charge on any atom is -0.497 e. The van der Waals surface area contributed by atoms with Gasteiger partial charge in [0.2, 0.25) is 0 Å². The van der Waals surface area contributed by atoms with Crippen LogP contribution in [0.4, 0.5) is 5.69 Å². The highest BCUT2D eigenvalue weighted by Crippen LogP contribution is 2.24. The Morgan fingerprint density at radius 2 is 2.00 bits per heavy atom. The Morgan fingerprint density at radius 3 is 2.59 bits per heavy atom. The van der Waals surface area contributed by atoms with Crippen LogP contribution in [0.15, 0.2) is 42.6 Å². The molecule has 0 radical (unpaired) electrons. The summed E-state index contributed by atoms with van der Waals surface area (Å²) in [7, 11) is 1.63. The zero-order valence-corrected chi connectivity index (χ0v) is 12.5. The number of amides is 1. The van der Waals surface area contributed by atoms with Crippen LogP contribution in [-0.2, 0) is 6.54 Å². The number of hydrogen-bond donors (Lipinski definition) is 2. The Morgan fingerprint density at radius 1 is 1.23 bits per heavy atom. The Bertz CT molecular complexity index is 634. The standard InChI is InChI=1S/C17H19N3O2/c1-22-15-7-2-12(3-8-15)10-19-17(21)16-9-6-14(11-18-16)20-13-4-5-13/h2-3,6-9,11,13,20H,4-5,10H2,1H3,(H,19,21). The second-order valence-corrected chi connectivity index (χ2v) is 5.38. The molecule has 1 saturated carbocycles. The number of hydrogen-bond acceptors (Lipinski definition) is 4. The first-order chi connectivity index (χ1) is 10.7. The summed E-state index contributed by atoms with van der Waals surface area (Å²) < 4.78 is 5.10. The molecule has 1 aliphatic rings. The Kier molecular flexibility index (Phi) is 4.23. The van der Waals surface area contributed by atoms with Crippen LogP contribution in [0.25, 0.3) is 0 Å². The third kappa shape index (κ3) is 3.75. The van der Waals surface area contributed by atoms with Gasteiger partial charge in [-0.25, -0.2) is 4.98 Å². The summed E-state index contributed by atoms with van der Waals surface area (Å²) in [4.78, 5) is 16.3. The van der Waals surface area contributed by atoms with E-state index in [-0.39, 0.29) is 5.91 Å². The summed E-state index contributed by atoms with van der Waals surface area (Å²) >= 11 is 0. The first kappa shape index (κ1) is 14.4. The van der Waals surface area contributed by atoms with Gasteiger partial charge in [-0.15, -0.1) is 0 Å². The maximum Gasteiger partial charge on any atom is 0.270 e. The molecular formula is C17H19N3O2. The number of methoxy groups -OCH3 is 1. The van der Waals surface area contributed by atoms with Crippen molar-refractivity contribution in [1.29, 1.82) is 0 Å². The van der Waals surface area contributed by atoms with Crippen LogP contribution in [0.5, 0.6) is 5.75 Å². The van der Waals surface area contributed by atoms with Crippen molar-refractivity contribution in [2.24, 2.45) is 0 Å². The average Bonchev–Trinajstić information content (AvgIpc) is 3.38. The molecule has 2 aromatic rings. The topological polar surface area (TPSA) is 63.2 Å². The zero-order valence-electron chi connectivity index (χ0n) is 12.5. The molecule has 3 rings (SSSR count). The number of aromatic nitrogens is 1. The fourth-order valence-electron chi connectivity index (χ4n) is 2.09. The van der Waals surface area contributed by atoms with Gasteiger partial charge < -0.3 is 15.4 Å². The van der Waals surface area contributed by atoms with Crippen LogP contribution in [0.2, 0.25) is 0 Å². The minimum atomic E-state index is -0.172. The van der Waals surface area contributed by atoms with Crippen molar-refractivity contribution >= 4 is 11.6 Å². The number of pyridine rings is 1. The summed E-state index contributed by atoms with van der Waals surface area (Å²) in [6, 6.07) is 11.8. The molecule has 0 unspecified atom stereocenters. The molecule has 1 amide bonds. The largest absolute Gasteiger partial charge is 0.497 e. The zero-order chi connectivity index (χ0) is 15.4. The molecule has 114 valence electrons. The maximum atomic E-state index is 12.1. The van der Waals surface area contributed by atoms with Crippen LogP contribution < -0.4 is 15.4 Å². The van der Waals surface area contributed by atoms with Gasteiger partial charge in [0.15, 0.2) is 0 Å². The van der Waals surface area contributed by atoms with E-state index >= 15 is 0 Å². The van der Waals surface area contributed by atoms with Gasteiger partial charge in [0, 0.05) is 12.6 Å². The van der Waals surface area contributed by atoms with E-state index in [0.717, 1.165) is 17.0 Å². The van der Waals surface area contributed by atoms with Gasteiger partial charge >= 0.3 is 0 Å². The number of benzene rings is 1. The molecule has 5 nitrogen and oxygen atoms in total. The lowest BCUT2D eigenvalue weighted by Gasteiger charge is -2.07. The third-order valence-electron chi connectivity index (χ3n) is 3.56. The molecule has 1 aromatic carbocycles. The fraction of sp³-hybridized carbons (Fsp3) is 0.294. The summed E-state index contributed by atoms with van der Waals surface area (Å²) in [5.41, 5.74) is 2.41. The monoisotopic (exact) mass is 297 g/mol. The van der Waals surface area contributed by atoms with E-state index in [9.17, 15) is 4.79 Å². The van der Waals surface area contributed by atoms with E-state index < -0.39 is 0 Å². The first-order valence-electron chi connectivity index (χ1n) is 7.38. The fourth-order valence-corrected chi connectivity index (χ4v) is 2.09. The molecule has 1 aliphatic carbocycles. The van der Waals surface area contributed by atoms with Crippen molar-refractivity contribution < 1.29 is 9.53 Å². The lowest BCUT2D eigenvalue weighted by Crippen LogP contribution is -2.23. The van der Waals surface area contributed by atoms with Gasteiger partial charge in [-0.2, -0.15) is 0 Å². The number of rotatable bonds is 6. The van der Waals surface area contributed by atoms with E-state index in [1.165, 1.54) is 12.8 Å². The first-order valence-corrected chi connectivity index (χ1v) is 7.38. The normalized spacial score (nSPS) is 13.5. The van der Waals surface area contributed by atoms with Crippen molar-refractivity contribution in [3.05, 3.63) is 53.9 Å². The number of nitrogens with one attached hydrogen (secondary N) is 2. The molecule has 0 saturated heterocycles. The highest BCUT2D eigenvalue weighted by Gasteiger charge is 2.20. The van der Waals surface area contributed by atoms with Crippen LogP contribution >= 0.6 is 0 Å². The highest BCUT2D eigenvalue weighted by molar-refractivity contribution is 5.92. The molecule has 0 aliphatic heterocycles. The van der Waals surface area contributed by atoms with Gasteiger partial charge in [-0.3, -0.25) is 4.79 Å². The van der Waals surface area contributed by atoms with Gasteiger partial charge in [-0.1, -0.05) is 12.1 Å². The van der Waals surface area contributed by atoms with Crippen LogP contribution in [-0.4, -0.2) is 24.0 Å². The lowest BCUT2D eigenvalue weighted by atomic mass is 10.2. The predicted octanol–water partition coefficient (Wildman–Crippen LogP) is 2.59. The summed E-state index contributed by atoms with van der Waals surface area (Å²) in [5, 5.41) is 6.21. The molecule has 2 N–H and O–H groups in total. The van der Waals surface area contributed by atoms with E-state index in [1.807, 2.05) is 30.3 Å². The quantitative estimate of drug-likeness (QED) is 0.860.